The second-order valence-corrected chi connectivity index (χ2v) is 7.14. The normalized spacial score (nSPS) is 22.6. The highest BCUT2D eigenvalue weighted by Crippen LogP contribution is 2.38. The van der Waals surface area contributed by atoms with Gasteiger partial charge < -0.3 is 4.74 Å². The Hall–Kier alpha value is -0.800. The van der Waals surface area contributed by atoms with Crippen LogP contribution in [0.3, 0.4) is 0 Å². The molecule has 9 heteroatoms. The first-order valence-electron chi connectivity index (χ1n) is 6.02. The molecule has 1 unspecified atom stereocenters. The molecule has 0 saturated carbocycles. The molecule has 0 aromatic heterocycles. The molecule has 0 bridgehead atoms. The Kier molecular flexibility index (Phi) is 3.91. The number of sulfonamides is 1. The summed E-state index contributed by atoms with van der Waals surface area (Å²) < 4.78 is 40.4. The van der Waals surface area contributed by atoms with Crippen LogP contribution in [0.1, 0.15) is 0 Å². The highest BCUT2D eigenvalue weighted by molar-refractivity contribution is 7.89. The van der Waals surface area contributed by atoms with Crippen LogP contribution in [0.4, 0.5) is 11.4 Å². The zero-order valence-corrected chi connectivity index (χ0v) is 12.8. The quantitative estimate of drug-likeness (QED) is 0.807. The number of alkyl halides is 1. The number of benzene rings is 1. The summed E-state index contributed by atoms with van der Waals surface area (Å²) in [5.74, 6) is 0.272. The molecule has 0 amide bonds. The van der Waals surface area contributed by atoms with Crippen molar-refractivity contribution in [1.29, 1.82) is 0 Å². The van der Waals surface area contributed by atoms with E-state index in [2.05, 4.69) is 8.73 Å². The molecule has 1 aromatic carbocycles. The lowest BCUT2D eigenvalue weighted by Gasteiger charge is -2.31. The Morgan fingerprint density at radius 2 is 2.30 bits per heavy atom. The molecule has 1 saturated heterocycles. The molecule has 2 aliphatic heterocycles. The zero-order valence-electron chi connectivity index (χ0n) is 10.4. The minimum Gasteiger partial charge on any atom is -0.374 e. The third kappa shape index (κ3) is 2.42. The zero-order chi connectivity index (χ0) is 14.2. The average Bonchev–Trinajstić information content (AvgIpc) is 2.95. The van der Waals surface area contributed by atoms with Gasteiger partial charge in [-0.2, -0.15) is 13.0 Å². The third-order valence-corrected chi connectivity index (χ3v) is 5.92. The van der Waals surface area contributed by atoms with Crippen LogP contribution < -0.4 is 0 Å². The standard InChI is InChI=1S/C11H12ClN3O3S2/c12-6-8-7-15(4-5-18-8)20(16,17)10-3-1-2-9-11(10)14-19-13-9/h1-3,8H,4-7H2. The first-order chi connectivity index (χ1) is 9.63. The minimum atomic E-state index is -3.60. The second kappa shape index (κ2) is 5.53. The number of nitrogens with zero attached hydrogens (tertiary/aromatic N) is 3. The molecule has 108 valence electrons. The molecule has 0 N–H and O–H groups in total. The minimum absolute atomic E-state index is 0.193. The highest BCUT2D eigenvalue weighted by atomic mass is 35.5. The van der Waals surface area contributed by atoms with Crippen molar-refractivity contribution < 1.29 is 13.2 Å². The summed E-state index contributed by atoms with van der Waals surface area (Å²) in [6.07, 6.45) is -0.270. The van der Waals surface area contributed by atoms with Crippen LogP contribution in [0.5, 0.6) is 0 Å². The molecule has 1 aromatic rings. The Morgan fingerprint density at radius 1 is 1.45 bits per heavy atom. The fourth-order valence-electron chi connectivity index (χ4n) is 2.13. The molecule has 1 atom stereocenters. The molecule has 0 aliphatic carbocycles. The van der Waals surface area contributed by atoms with E-state index in [0.717, 1.165) is 11.4 Å². The van der Waals surface area contributed by atoms with Crippen LogP contribution in [-0.4, -0.2) is 44.4 Å². The lowest BCUT2D eigenvalue weighted by atomic mass is 10.3. The summed E-state index contributed by atoms with van der Waals surface area (Å²) in [7, 11) is -3.60. The van der Waals surface area contributed by atoms with Gasteiger partial charge in [0.2, 0.25) is 10.0 Å². The largest absolute Gasteiger partial charge is 0.374 e. The fourth-order valence-corrected chi connectivity index (χ4v) is 4.53. The fraction of sp³-hybridized carbons (Fsp3) is 0.455. The average molecular weight is 334 g/mol. The lowest BCUT2D eigenvalue weighted by molar-refractivity contribution is 0.0122. The van der Waals surface area contributed by atoms with Crippen molar-refractivity contribution in [2.75, 3.05) is 25.6 Å². The molecule has 1 fully saturated rings. The highest BCUT2D eigenvalue weighted by Gasteiger charge is 2.33. The number of halogens is 1. The smallest absolute Gasteiger partial charge is 0.245 e. The van der Waals surface area contributed by atoms with Gasteiger partial charge in [0.1, 0.15) is 16.3 Å². The number of morpholine rings is 1. The van der Waals surface area contributed by atoms with Crippen LogP contribution >= 0.6 is 11.6 Å². The molecule has 6 nitrogen and oxygen atoms in total. The summed E-state index contributed by atoms with van der Waals surface area (Å²) >= 11 is 6.76. The monoisotopic (exact) mass is 333 g/mol. The van der Waals surface area contributed by atoms with E-state index in [1.165, 1.54) is 4.31 Å². The number of hydrogen-bond donors (Lipinski definition) is 0. The third-order valence-electron chi connectivity index (χ3n) is 3.14. The molecule has 2 aliphatic rings. The van der Waals surface area contributed by atoms with Crippen LogP contribution in [0.15, 0.2) is 31.8 Å². The van der Waals surface area contributed by atoms with Gasteiger partial charge in [-0.05, 0) is 12.1 Å². The molecule has 0 radical (unpaired) electrons. The molecule has 2 heterocycles. The predicted octanol–water partition coefficient (Wildman–Crippen LogP) is 2.04. The van der Waals surface area contributed by atoms with E-state index in [1.807, 2.05) is 0 Å². The van der Waals surface area contributed by atoms with Crippen molar-refractivity contribution in [3.8, 4) is 0 Å². The van der Waals surface area contributed by atoms with Crippen molar-refractivity contribution >= 4 is 44.4 Å². The van der Waals surface area contributed by atoms with Crippen molar-refractivity contribution in [1.82, 2.24) is 4.31 Å². The molecule has 20 heavy (non-hydrogen) atoms. The van der Waals surface area contributed by atoms with Crippen molar-refractivity contribution in [3.63, 3.8) is 0 Å². The summed E-state index contributed by atoms with van der Waals surface area (Å²) in [6.45, 7) is 0.936. The van der Waals surface area contributed by atoms with E-state index in [-0.39, 0.29) is 23.4 Å². The lowest BCUT2D eigenvalue weighted by Crippen LogP contribution is -2.46. The van der Waals surface area contributed by atoms with Crippen LogP contribution in [0.2, 0.25) is 0 Å². The summed E-state index contributed by atoms with van der Waals surface area (Å²) in [6, 6.07) is 4.99. The number of ether oxygens (including phenoxy) is 1. The van der Waals surface area contributed by atoms with E-state index in [1.54, 1.807) is 18.2 Å². The first kappa shape index (κ1) is 14.2. The van der Waals surface area contributed by atoms with Gasteiger partial charge in [-0.25, -0.2) is 8.42 Å². The Labute approximate surface area is 125 Å². The SMILES string of the molecule is O=S(=O)(c1cccc2c1N=S=N2)N1CCOC(CCl)C1. The Balaban J connectivity index is 1.97. The number of hydrogen-bond acceptors (Lipinski definition) is 5. The van der Waals surface area contributed by atoms with Crippen LogP contribution in [0, 0.1) is 0 Å². The van der Waals surface area contributed by atoms with Crippen LogP contribution in [0.25, 0.3) is 0 Å². The Morgan fingerprint density at radius 3 is 3.10 bits per heavy atom. The van der Waals surface area contributed by atoms with E-state index >= 15 is 0 Å². The maximum absolute atomic E-state index is 12.7. The maximum atomic E-state index is 12.7. The topological polar surface area (TPSA) is 71.3 Å². The molecular formula is C11H12ClN3O3S2. The van der Waals surface area contributed by atoms with Gasteiger partial charge in [-0.3, -0.25) is 0 Å². The molecular weight excluding hydrogens is 322 g/mol. The van der Waals surface area contributed by atoms with Crippen molar-refractivity contribution in [2.24, 2.45) is 8.73 Å². The summed E-state index contributed by atoms with van der Waals surface area (Å²) in [5, 5.41) is 0. The van der Waals surface area contributed by atoms with Gasteiger partial charge in [-0.15, -0.1) is 11.6 Å². The first-order valence-corrected chi connectivity index (χ1v) is 8.72. The van der Waals surface area contributed by atoms with Crippen molar-refractivity contribution in [2.45, 2.75) is 11.0 Å². The van der Waals surface area contributed by atoms with Gasteiger partial charge >= 0.3 is 0 Å². The molecule has 0 spiro atoms. The van der Waals surface area contributed by atoms with Gasteiger partial charge in [0, 0.05) is 19.0 Å². The van der Waals surface area contributed by atoms with Crippen molar-refractivity contribution in [3.05, 3.63) is 18.2 Å². The summed E-state index contributed by atoms with van der Waals surface area (Å²) in [4.78, 5) is 0.193. The Bertz CT molecular complexity index is 701. The van der Waals surface area contributed by atoms with E-state index in [9.17, 15) is 8.42 Å². The van der Waals surface area contributed by atoms with Gasteiger partial charge in [0.25, 0.3) is 0 Å². The maximum Gasteiger partial charge on any atom is 0.245 e. The predicted molar refractivity (Wildman–Crippen MR) is 77.2 cm³/mol. The van der Waals surface area contributed by atoms with Gasteiger partial charge in [0.15, 0.2) is 0 Å². The van der Waals surface area contributed by atoms with Gasteiger partial charge in [0.05, 0.1) is 24.1 Å². The van der Waals surface area contributed by atoms with Gasteiger partial charge in [-0.1, -0.05) is 6.07 Å². The number of fused-ring (bicyclic) bond motifs is 1. The van der Waals surface area contributed by atoms with E-state index in [0.29, 0.717) is 24.5 Å². The van der Waals surface area contributed by atoms with E-state index in [4.69, 9.17) is 16.3 Å². The van der Waals surface area contributed by atoms with Crippen LogP contribution in [-0.2, 0) is 26.1 Å². The second-order valence-electron chi connectivity index (χ2n) is 4.40. The summed E-state index contributed by atoms with van der Waals surface area (Å²) in [5.41, 5.74) is 1.02. The molecule has 3 rings (SSSR count). The number of rotatable bonds is 3. The van der Waals surface area contributed by atoms with E-state index < -0.39 is 10.0 Å².